The van der Waals surface area contributed by atoms with Gasteiger partial charge in [0.05, 0.1) is 13.2 Å². The molecule has 0 N–H and O–H groups in total. The van der Waals surface area contributed by atoms with Crippen LogP contribution in [0.2, 0.25) is 0 Å². The van der Waals surface area contributed by atoms with Gasteiger partial charge in [0.2, 0.25) is 0 Å². The summed E-state index contributed by atoms with van der Waals surface area (Å²) in [5, 5.41) is 0. The normalized spacial score (nSPS) is 44.9. The second-order valence-electron chi connectivity index (χ2n) is 15.7. The summed E-state index contributed by atoms with van der Waals surface area (Å²) in [6.07, 6.45) is -0.804. The molecule has 0 aromatic heterocycles. The average Bonchev–Trinajstić information content (AvgIpc) is 3.55. The Hall–Kier alpha value is -2.94. The summed E-state index contributed by atoms with van der Waals surface area (Å²) in [5.74, 6) is -4.00. The Kier molecular flexibility index (Phi) is 9.99. The molecule has 2 heterocycles. The van der Waals surface area contributed by atoms with Gasteiger partial charge < -0.3 is 33.2 Å². The molecule has 0 unspecified atom stereocenters. The maximum atomic E-state index is 14.1. The fraction of sp³-hybridized carbons (Fsp3) is 0.833. The number of esters is 4. The minimum atomic E-state index is -1.64. The molecular formula is C36H50O14. The van der Waals surface area contributed by atoms with Crippen molar-refractivity contribution in [1.82, 2.24) is 0 Å². The summed E-state index contributed by atoms with van der Waals surface area (Å²) in [6.45, 7) is 9.31. The number of hydrogen-bond acceptors (Lipinski definition) is 14. The Morgan fingerprint density at radius 1 is 0.840 bits per heavy atom. The van der Waals surface area contributed by atoms with Crippen LogP contribution >= 0.6 is 0 Å². The fourth-order valence-electron chi connectivity index (χ4n) is 10.8. The third kappa shape index (κ3) is 6.49. The molecule has 0 aromatic carbocycles. The number of rotatable bonds is 8. The lowest BCUT2D eigenvalue weighted by atomic mass is 9.44. The molecule has 2 saturated heterocycles. The SMILES string of the molecule is COC(=O)[C@H]1O[C@@H]2O[C@](C)(O[C@@H]3CC[C@]4(C)[C@H](CC[C@@H]5[C@@H]6CC[C@H](C(=O)COC(C)=O)[C@]6(C)CC(=O)[C@@H]54)C3)O[C@@H]2[C@@H](OC(C)=O)[C@@H]1OC(C)=O. The van der Waals surface area contributed by atoms with Crippen LogP contribution in [0.3, 0.4) is 0 Å². The van der Waals surface area contributed by atoms with Gasteiger partial charge in [-0.1, -0.05) is 13.8 Å². The molecule has 6 rings (SSSR count). The second-order valence-corrected chi connectivity index (χ2v) is 15.7. The van der Waals surface area contributed by atoms with Gasteiger partial charge in [-0.05, 0) is 73.5 Å². The van der Waals surface area contributed by atoms with Gasteiger partial charge in [-0.2, -0.15) is 0 Å². The summed E-state index contributed by atoms with van der Waals surface area (Å²) < 4.78 is 45.5. The molecule has 14 atom stereocenters. The zero-order chi connectivity index (χ0) is 36.3. The van der Waals surface area contributed by atoms with Crippen LogP contribution in [0.1, 0.15) is 92.9 Å². The first kappa shape index (κ1) is 36.8. The smallest absolute Gasteiger partial charge is 0.339 e. The number of methoxy groups -OCH3 is 1. The van der Waals surface area contributed by atoms with E-state index in [9.17, 15) is 28.8 Å². The lowest BCUT2D eigenvalue weighted by Gasteiger charge is -2.60. The molecule has 0 spiro atoms. The van der Waals surface area contributed by atoms with E-state index in [1.165, 1.54) is 13.8 Å². The predicted octanol–water partition coefficient (Wildman–Crippen LogP) is 3.19. The Labute approximate surface area is 291 Å². The van der Waals surface area contributed by atoms with Crippen molar-refractivity contribution in [1.29, 1.82) is 0 Å². The van der Waals surface area contributed by atoms with Gasteiger partial charge in [0.15, 0.2) is 36.5 Å². The zero-order valence-electron chi connectivity index (χ0n) is 29.9. The summed E-state index contributed by atoms with van der Waals surface area (Å²) in [5.41, 5.74) is -0.670. The van der Waals surface area contributed by atoms with Crippen LogP contribution in [0.5, 0.6) is 0 Å². The maximum Gasteiger partial charge on any atom is 0.339 e. The number of fused-ring (bicyclic) bond motifs is 6. The van der Waals surface area contributed by atoms with Crippen molar-refractivity contribution >= 4 is 35.4 Å². The number of hydrogen-bond donors (Lipinski definition) is 0. The Balaban J connectivity index is 1.14. The van der Waals surface area contributed by atoms with E-state index in [0.717, 1.165) is 39.7 Å². The largest absolute Gasteiger partial charge is 0.467 e. The van der Waals surface area contributed by atoms with E-state index in [0.29, 0.717) is 25.7 Å². The molecule has 14 heteroatoms. The van der Waals surface area contributed by atoms with Gasteiger partial charge in [0.25, 0.3) is 5.97 Å². The third-order valence-electron chi connectivity index (χ3n) is 12.7. The van der Waals surface area contributed by atoms with Crippen LogP contribution in [-0.2, 0) is 66.7 Å². The van der Waals surface area contributed by atoms with Crippen molar-refractivity contribution in [3.8, 4) is 0 Å². The van der Waals surface area contributed by atoms with Crippen LogP contribution in [0.25, 0.3) is 0 Å². The highest BCUT2D eigenvalue weighted by Crippen LogP contribution is 2.66. The first-order chi connectivity index (χ1) is 23.5. The minimum absolute atomic E-state index is 0.0917. The Morgan fingerprint density at radius 3 is 2.20 bits per heavy atom. The van der Waals surface area contributed by atoms with Crippen molar-refractivity contribution < 1.29 is 66.7 Å². The van der Waals surface area contributed by atoms with Gasteiger partial charge >= 0.3 is 23.9 Å². The van der Waals surface area contributed by atoms with Crippen LogP contribution in [0.4, 0.5) is 0 Å². The molecule has 4 saturated carbocycles. The topological polar surface area (TPSA) is 176 Å². The minimum Gasteiger partial charge on any atom is -0.467 e. The van der Waals surface area contributed by atoms with Crippen molar-refractivity contribution in [3.05, 3.63) is 0 Å². The number of Topliss-reactive ketones (excluding diaryl/α,β-unsaturated/α-hetero) is 2. The molecule has 50 heavy (non-hydrogen) atoms. The van der Waals surface area contributed by atoms with E-state index < -0.39 is 66.0 Å². The Bertz CT molecular complexity index is 1410. The van der Waals surface area contributed by atoms with E-state index in [2.05, 4.69) is 13.8 Å². The average molecular weight is 707 g/mol. The van der Waals surface area contributed by atoms with Crippen molar-refractivity contribution in [3.63, 3.8) is 0 Å². The van der Waals surface area contributed by atoms with Gasteiger partial charge in [-0.3, -0.25) is 28.7 Å². The van der Waals surface area contributed by atoms with E-state index in [-0.39, 0.29) is 59.3 Å². The van der Waals surface area contributed by atoms with Crippen molar-refractivity contribution in [2.45, 2.75) is 136 Å². The highest BCUT2D eigenvalue weighted by atomic mass is 16.9. The molecule has 14 nitrogen and oxygen atoms in total. The number of ketones is 2. The monoisotopic (exact) mass is 706 g/mol. The molecular weight excluding hydrogens is 656 g/mol. The Morgan fingerprint density at radius 2 is 1.54 bits per heavy atom. The van der Waals surface area contributed by atoms with Crippen molar-refractivity contribution in [2.24, 2.45) is 40.4 Å². The summed E-state index contributed by atoms with van der Waals surface area (Å²) >= 11 is 0. The summed E-state index contributed by atoms with van der Waals surface area (Å²) in [4.78, 5) is 75.4. The molecule has 2 aliphatic heterocycles. The molecule has 278 valence electrons. The van der Waals surface area contributed by atoms with Crippen LogP contribution < -0.4 is 0 Å². The van der Waals surface area contributed by atoms with E-state index in [1.54, 1.807) is 6.92 Å². The van der Waals surface area contributed by atoms with E-state index >= 15 is 0 Å². The summed E-state index contributed by atoms with van der Waals surface area (Å²) in [7, 11) is 1.16. The van der Waals surface area contributed by atoms with Crippen LogP contribution in [0.15, 0.2) is 0 Å². The lowest BCUT2D eigenvalue weighted by molar-refractivity contribution is -0.363. The standard InChI is InChI=1S/C36H50O14/c1-17(37)44-16-26(41)24-11-10-23-22-9-8-20-14-21(12-13-34(20,4)27(22)25(40)15-35(23,24)5)48-36(6)49-31-29(46-19(3)39)28(45-18(2)38)30(32(42)43-7)47-33(31)50-36/h20-24,27-31,33H,8-16H2,1-7H3/t20-,21-,22-,23+,24-,27-,28+,29+,30+,31-,33-,34-,35-,36-/m1/s1. The van der Waals surface area contributed by atoms with Crippen LogP contribution in [-0.4, -0.2) is 91.9 Å². The van der Waals surface area contributed by atoms with Gasteiger partial charge in [-0.15, -0.1) is 0 Å². The van der Waals surface area contributed by atoms with Gasteiger partial charge in [-0.25, -0.2) is 4.79 Å². The molecule has 0 bridgehead atoms. The molecule has 6 fully saturated rings. The highest BCUT2D eigenvalue weighted by molar-refractivity contribution is 5.89. The molecule has 0 aromatic rings. The highest BCUT2D eigenvalue weighted by Gasteiger charge is 2.65. The lowest BCUT2D eigenvalue weighted by Crippen LogP contribution is -2.61. The zero-order valence-corrected chi connectivity index (χ0v) is 29.9. The predicted molar refractivity (Wildman–Crippen MR) is 168 cm³/mol. The van der Waals surface area contributed by atoms with Crippen molar-refractivity contribution in [2.75, 3.05) is 13.7 Å². The van der Waals surface area contributed by atoms with Gasteiger partial charge in [0, 0.05) is 46.0 Å². The van der Waals surface area contributed by atoms with Gasteiger partial charge in [0.1, 0.15) is 12.4 Å². The number of carbonyl (C=O) groups excluding carboxylic acids is 6. The first-order valence-electron chi connectivity index (χ1n) is 17.8. The summed E-state index contributed by atoms with van der Waals surface area (Å²) in [6, 6.07) is 0. The molecule has 0 radical (unpaired) electrons. The molecule has 0 amide bonds. The quantitative estimate of drug-likeness (QED) is 0.266. The molecule has 4 aliphatic carbocycles. The second kappa shape index (κ2) is 13.6. The fourth-order valence-corrected chi connectivity index (χ4v) is 10.8. The number of ether oxygens (including phenoxy) is 8. The maximum absolute atomic E-state index is 14.1. The number of carbonyl (C=O) groups is 6. The van der Waals surface area contributed by atoms with E-state index in [1.807, 2.05) is 0 Å². The van der Waals surface area contributed by atoms with Crippen LogP contribution in [0, 0.1) is 40.4 Å². The first-order valence-corrected chi connectivity index (χ1v) is 17.8. The third-order valence-corrected chi connectivity index (χ3v) is 12.7. The van der Waals surface area contributed by atoms with E-state index in [4.69, 9.17) is 37.9 Å². The molecule has 6 aliphatic rings.